The minimum atomic E-state index is -0.288. The van der Waals surface area contributed by atoms with E-state index in [2.05, 4.69) is 40.4 Å². The van der Waals surface area contributed by atoms with Gasteiger partial charge in [0, 0.05) is 20.7 Å². The first-order valence-electron chi connectivity index (χ1n) is 6.09. The summed E-state index contributed by atoms with van der Waals surface area (Å²) < 4.78 is 0.916. The van der Waals surface area contributed by atoms with Crippen LogP contribution in [-0.4, -0.2) is 5.91 Å². The van der Waals surface area contributed by atoms with Gasteiger partial charge in [0.15, 0.2) is 0 Å². The van der Waals surface area contributed by atoms with Crippen LogP contribution in [0.5, 0.6) is 0 Å². The number of nitrogen functional groups attached to an aromatic ring is 1. The molecule has 3 nitrogen and oxygen atoms in total. The molecule has 0 aliphatic carbocycles. The number of rotatable bonds is 4. The lowest BCUT2D eigenvalue weighted by Crippen LogP contribution is -2.29. The second-order valence-electron chi connectivity index (χ2n) is 4.33. The van der Waals surface area contributed by atoms with Crippen molar-refractivity contribution in [3.63, 3.8) is 0 Å². The highest BCUT2D eigenvalue weighted by atomic mass is 79.9. The minimum Gasteiger partial charge on any atom is -0.290 e. The monoisotopic (exact) mass is 350 g/mol. The Morgan fingerprint density at radius 2 is 2.05 bits per heavy atom. The van der Waals surface area contributed by atoms with E-state index in [1.165, 1.54) is 10.5 Å². The first kappa shape index (κ1) is 15.1. The van der Waals surface area contributed by atoms with Crippen molar-refractivity contribution in [3.8, 4) is 0 Å². The average Bonchev–Trinajstić information content (AvgIpc) is 2.46. The van der Waals surface area contributed by atoms with Gasteiger partial charge < -0.3 is 0 Å². The number of carbonyl (C=O) groups is 1. The molecule has 2 aromatic rings. The molecule has 0 heterocycles. The predicted molar refractivity (Wildman–Crippen MR) is 86.5 cm³/mol. The van der Waals surface area contributed by atoms with E-state index in [1.54, 1.807) is 23.9 Å². The van der Waals surface area contributed by atoms with Crippen molar-refractivity contribution in [3.05, 3.63) is 63.6 Å². The summed E-state index contributed by atoms with van der Waals surface area (Å²) in [4.78, 5) is 12.7. The second-order valence-corrected chi connectivity index (χ2v) is 6.21. The van der Waals surface area contributed by atoms with Crippen molar-refractivity contribution < 1.29 is 4.79 Å². The molecule has 20 heavy (non-hydrogen) atoms. The summed E-state index contributed by atoms with van der Waals surface area (Å²) in [6.45, 7) is 2.10. The zero-order valence-corrected chi connectivity index (χ0v) is 13.4. The van der Waals surface area contributed by atoms with Crippen LogP contribution in [0.3, 0.4) is 0 Å². The smallest absolute Gasteiger partial charge is 0.265 e. The first-order chi connectivity index (χ1) is 9.61. The molecular weight excluding hydrogens is 336 g/mol. The maximum absolute atomic E-state index is 11.4. The summed E-state index contributed by atoms with van der Waals surface area (Å²) in [6.07, 6.45) is 0. The first-order valence-corrected chi connectivity index (χ1v) is 7.87. The zero-order chi connectivity index (χ0) is 14.5. The van der Waals surface area contributed by atoms with E-state index in [9.17, 15) is 4.79 Å². The van der Waals surface area contributed by atoms with Gasteiger partial charge in [0.1, 0.15) is 0 Å². The Kier molecular flexibility index (Phi) is 5.23. The van der Waals surface area contributed by atoms with Crippen LogP contribution < -0.4 is 11.3 Å². The minimum absolute atomic E-state index is 0.288. The molecule has 0 radical (unpaired) electrons. The van der Waals surface area contributed by atoms with E-state index in [4.69, 9.17) is 5.84 Å². The molecular formula is C15H15BrN2OS. The van der Waals surface area contributed by atoms with Crippen LogP contribution >= 0.6 is 27.7 Å². The number of benzene rings is 2. The number of aryl methyl sites for hydroxylation is 1. The molecule has 2 rings (SSSR count). The van der Waals surface area contributed by atoms with E-state index < -0.39 is 0 Å². The van der Waals surface area contributed by atoms with Gasteiger partial charge in [0.2, 0.25) is 0 Å². The molecule has 0 aromatic heterocycles. The summed E-state index contributed by atoms with van der Waals surface area (Å²) in [6, 6.07) is 13.8. The van der Waals surface area contributed by atoms with E-state index in [0.717, 1.165) is 15.8 Å². The Balaban J connectivity index is 2.11. The van der Waals surface area contributed by atoms with Gasteiger partial charge in [-0.2, -0.15) is 0 Å². The van der Waals surface area contributed by atoms with E-state index in [0.29, 0.717) is 5.56 Å². The number of nitrogens with two attached hydrogens (primary N) is 1. The van der Waals surface area contributed by atoms with Crippen LogP contribution in [0.4, 0.5) is 0 Å². The average molecular weight is 351 g/mol. The summed E-state index contributed by atoms with van der Waals surface area (Å²) in [7, 11) is 0. The van der Waals surface area contributed by atoms with E-state index in [1.807, 2.05) is 18.2 Å². The molecule has 0 atom stereocenters. The van der Waals surface area contributed by atoms with Gasteiger partial charge in [-0.3, -0.25) is 10.2 Å². The van der Waals surface area contributed by atoms with Crippen LogP contribution in [0.15, 0.2) is 51.8 Å². The maximum atomic E-state index is 11.4. The van der Waals surface area contributed by atoms with Gasteiger partial charge in [-0.15, -0.1) is 11.8 Å². The van der Waals surface area contributed by atoms with Gasteiger partial charge in [-0.05, 0) is 36.2 Å². The Morgan fingerprint density at radius 3 is 2.70 bits per heavy atom. The molecule has 0 aliphatic heterocycles. The third kappa shape index (κ3) is 3.62. The molecule has 0 saturated carbocycles. The number of hydrogen-bond acceptors (Lipinski definition) is 3. The lowest BCUT2D eigenvalue weighted by atomic mass is 10.1. The van der Waals surface area contributed by atoms with Gasteiger partial charge in [-0.25, -0.2) is 5.84 Å². The third-order valence-corrected chi connectivity index (χ3v) is 4.89. The fraction of sp³-hybridized carbons (Fsp3) is 0.133. The lowest BCUT2D eigenvalue weighted by molar-refractivity contribution is 0.0953. The number of amides is 1. The van der Waals surface area contributed by atoms with Crippen LogP contribution in [0, 0.1) is 6.92 Å². The molecule has 2 aromatic carbocycles. The third-order valence-electron chi connectivity index (χ3n) is 2.92. The maximum Gasteiger partial charge on any atom is 0.265 e. The lowest BCUT2D eigenvalue weighted by Gasteiger charge is -2.08. The molecule has 0 saturated heterocycles. The van der Waals surface area contributed by atoms with Gasteiger partial charge >= 0.3 is 0 Å². The number of hydrazine groups is 1. The largest absolute Gasteiger partial charge is 0.290 e. The van der Waals surface area contributed by atoms with Crippen LogP contribution in [0.25, 0.3) is 0 Å². The SMILES string of the molecule is Cc1ccccc1SCc1ccc(C(=O)NN)cc1Br. The normalized spacial score (nSPS) is 10.3. The quantitative estimate of drug-likeness (QED) is 0.383. The highest BCUT2D eigenvalue weighted by molar-refractivity contribution is 9.10. The second kappa shape index (κ2) is 6.92. The van der Waals surface area contributed by atoms with Crippen molar-refractivity contribution >= 4 is 33.6 Å². The van der Waals surface area contributed by atoms with Crippen molar-refractivity contribution in [1.82, 2.24) is 5.43 Å². The molecule has 104 valence electrons. The topological polar surface area (TPSA) is 55.1 Å². The number of thioether (sulfide) groups is 1. The molecule has 0 fully saturated rings. The fourth-order valence-electron chi connectivity index (χ4n) is 1.76. The van der Waals surface area contributed by atoms with Crippen molar-refractivity contribution in [2.45, 2.75) is 17.6 Å². The standard InChI is InChI=1S/C15H15BrN2OS/c1-10-4-2-3-5-14(10)20-9-12-7-6-11(8-13(12)16)15(19)18-17/h2-8H,9,17H2,1H3,(H,18,19). The van der Waals surface area contributed by atoms with Crippen LogP contribution in [-0.2, 0) is 5.75 Å². The molecule has 0 unspecified atom stereocenters. The Bertz CT molecular complexity index is 631. The predicted octanol–water partition coefficient (Wildman–Crippen LogP) is 3.65. The van der Waals surface area contributed by atoms with Crippen LogP contribution in [0.1, 0.15) is 21.5 Å². The van der Waals surface area contributed by atoms with Gasteiger partial charge in [0.25, 0.3) is 5.91 Å². The van der Waals surface area contributed by atoms with Crippen LogP contribution in [0.2, 0.25) is 0 Å². The number of nitrogens with one attached hydrogen (secondary N) is 1. The summed E-state index contributed by atoms with van der Waals surface area (Å²) in [5.41, 5.74) is 5.09. The van der Waals surface area contributed by atoms with Crippen molar-refractivity contribution in [1.29, 1.82) is 0 Å². The molecule has 3 N–H and O–H groups in total. The summed E-state index contributed by atoms with van der Waals surface area (Å²) in [5, 5.41) is 0. The number of carbonyl (C=O) groups excluding carboxylic acids is 1. The Hall–Kier alpha value is -1.30. The van der Waals surface area contributed by atoms with Gasteiger partial charge in [0.05, 0.1) is 0 Å². The molecule has 0 aliphatic rings. The summed E-state index contributed by atoms with van der Waals surface area (Å²) >= 11 is 5.28. The highest BCUT2D eigenvalue weighted by Gasteiger charge is 2.08. The molecule has 5 heteroatoms. The molecule has 1 amide bonds. The Morgan fingerprint density at radius 1 is 1.30 bits per heavy atom. The summed E-state index contributed by atoms with van der Waals surface area (Å²) in [5.74, 6) is 5.68. The van der Waals surface area contributed by atoms with Crippen molar-refractivity contribution in [2.75, 3.05) is 0 Å². The number of halogens is 1. The van der Waals surface area contributed by atoms with Crippen molar-refractivity contribution in [2.24, 2.45) is 5.84 Å². The van der Waals surface area contributed by atoms with Gasteiger partial charge in [-0.1, -0.05) is 40.2 Å². The van der Waals surface area contributed by atoms with E-state index in [-0.39, 0.29) is 5.91 Å². The van der Waals surface area contributed by atoms with E-state index >= 15 is 0 Å². The fourth-order valence-corrected chi connectivity index (χ4v) is 3.50. The molecule has 0 spiro atoms. The number of hydrogen-bond donors (Lipinski definition) is 2. The molecule has 0 bridgehead atoms. The highest BCUT2D eigenvalue weighted by Crippen LogP contribution is 2.29. The Labute approximate surface area is 131 Å². The zero-order valence-electron chi connectivity index (χ0n) is 11.0.